The molecule has 0 aromatic heterocycles. The second-order valence-corrected chi connectivity index (χ2v) is 7.94. The average molecular weight is 352 g/mol. The zero-order chi connectivity index (χ0) is 25.7. The molecule has 0 saturated heterocycles. The number of ether oxygens (including phenoxy) is 1. The Balaban J connectivity index is 1.77. The van der Waals surface area contributed by atoms with Gasteiger partial charge in [0.1, 0.15) is 0 Å². The maximum absolute atomic E-state index is 12.3. The van der Waals surface area contributed by atoms with Crippen molar-refractivity contribution in [3.05, 3.63) is 11.6 Å². The highest BCUT2D eigenvalue weighted by Gasteiger charge is 2.64. The molecule has 136 valence electrons. The average Bonchev–Trinajstić information content (AvgIpc) is 2.97. The van der Waals surface area contributed by atoms with E-state index in [4.69, 9.17) is 22.1 Å². The van der Waals surface area contributed by atoms with Gasteiger partial charge in [0.25, 0.3) is 0 Å². The molecule has 0 radical (unpaired) electrons. The van der Waals surface area contributed by atoms with Crippen molar-refractivity contribution in [2.75, 3.05) is 0 Å². The van der Waals surface area contributed by atoms with Crippen LogP contribution in [-0.2, 0) is 9.53 Å². The number of allylic oxidation sites excluding steroid dienone is 1. The molecular formula is C22H30O3. The Morgan fingerprint density at radius 1 is 1.48 bits per heavy atom. The molecule has 1 N–H and O–H groups in total. The Labute approximate surface area is 163 Å². The minimum atomic E-state index is -2.97. The first-order valence-electron chi connectivity index (χ1n) is 13.5. The van der Waals surface area contributed by atoms with E-state index in [9.17, 15) is 11.3 Å². The van der Waals surface area contributed by atoms with Crippen LogP contribution in [0.5, 0.6) is 0 Å². The van der Waals surface area contributed by atoms with Crippen molar-refractivity contribution in [2.24, 2.45) is 29.1 Å². The minimum absolute atomic E-state index is 0.0279. The second-order valence-electron chi connectivity index (χ2n) is 7.94. The van der Waals surface area contributed by atoms with Crippen LogP contribution in [0.1, 0.15) is 77.4 Å². The summed E-state index contributed by atoms with van der Waals surface area (Å²) in [5, 5.41) is 10.3. The van der Waals surface area contributed by atoms with Crippen LogP contribution in [0.25, 0.3) is 0 Å². The van der Waals surface area contributed by atoms with E-state index >= 15 is 0 Å². The number of rotatable bonds is 1. The van der Waals surface area contributed by atoms with Gasteiger partial charge < -0.3 is 9.84 Å². The van der Waals surface area contributed by atoms with Crippen molar-refractivity contribution < 1.29 is 27.0 Å². The van der Waals surface area contributed by atoms with Crippen molar-refractivity contribution in [3.8, 4) is 12.3 Å². The van der Waals surface area contributed by atoms with Crippen molar-refractivity contribution >= 4 is 5.97 Å². The van der Waals surface area contributed by atoms with Gasteiger partial charge in [-0.05, 0) is 74.9 Å². The van der Waals surface area contributed by atoms with Crippen molar-refractivity contribution in [3.63, 3.8) is 0 Å². The van der Waals surface area contributed by atoms with Crippen LogP contribution in [-0.4, -0.2) is 22.8 Å². The first kappa shape index (κ1) is 9.60. The summed E-state index contributed by atoms with van der Waals surface area (Å²) in [4.78, 5) is 12.3. The topological polar surface area (TPSA) is 46.5 Å². The second kappa shape index (κ2) is 5.88. The van der Waals surface area contributed by atoms with E-state index < -0.39 is 72.9 Å². The fourth-order valence-electron chi connectivity index (χ4n) is 5.87. The van der Waals surface area contributed by atoms with Crippen LogP contribution >= 0.6 is 0 Å². The Bertz CT molecular complexity index is 983. The van der Waals surface area contributed by atoms with Crippen molar-refractivity contribution in [2.45, 2.75) is 76.8 Å². The van der Waals surface area contributed by atoms with Gasteiger partial charge in [-0.25, -0.2) is 0 Å². The summed E-state index contributed by atoms with van der Waals surface area (Å²) >= 11 is 0. The maximum atomic E-state index is 12.3. The molecule has 4 aliphatic rings. The quantitative estimate of drug-likeness (QED) is 0.443. The largest absolute Gasteiger partial charge is 0.445 e. The molecule has 4 aliphatic carbocycles. The molecule has 0 bridgehead atoms. The molecule has 7 atom stereocenters. The highest BCUT2D eigenvalue weighted by Crippen LogP contribution is 2.65. The van der Waals surface area contributed by atoms with Crippen LogP contribution in [0, 0.1) is 41.4 Å². The number of carbonyl (C=O) groups is 1. The monoisotopic (exact) mass is 351 g/mol. The Hall–Kier alpha value is -1.27. The summed E-state index contributed by atoms with van der Waals surface area (Å²) in [5.74, 6) is -1.67. The smallest absolute Gasteiger partial charge is 0.304 e. The van der Waals surface area contributed by atoms with E-state index in [1.54, 1.807) is 0 Å². The molecule has 0 unspecified atom stereocenters. The molecule has 3 heteroatoms. The highest BCUT2D eigenvalue weighted by atomic mass is 16.6. The molecule has 3 saturated carbocycles. The molecule has 4 rings (SSSR count). The van der Waals surface area contributed by atoms with E-state index in [1.807, 2.05) is 6.92 Å². The van der Waals surface area contributed by atoms with Gasteiger partial charge in [0, 0.05) is 23.2 Å². The van der Waals surface area contributed by atoms with Crippen LogP contribution < -0.4 is 0 Å². The van der Waals surface area contributed by atoms with Gasteiger partial charge >= 0.3 is 5.97 Å². The number of fused-ring (bicyclic) bond motifs is 5. The summed E-state index contributed by atoms with van der Waals surface area (Å²) in [6.45, 7) is -1.13. The maximum Gasteiger partial charge on any atom is 0.304 e. The SMILES string of the molecule is [2H]C1=C2C([2H])([2H])C[C@@H]3[C@H](CC[C@@]4(C)[C@H]3CC[C@]4(C#C)OC(=O)C([2H])([2H])[2H])[C@@]2([2H])CC([2H])([2H])[C@@H]1O. The summed E-state index contributed by atoms with van der Waals surface area (Å²) in [6.07, 6.45) is 0.665. The van der Waals surface area contributed by atoms with Gasteiger partial charge in [-0.3, -0.25) is 4.79 Å². The standard InChI is InChI=1S/C22H30O3/c1-4-22(25-14(2)23)12-10-20-19-7-5-15-13-16(24)6-8-17(15)18(19)9-11-21(20,22)3/h1,13,16-20,24H,5-12H2,2-3H3/t16-,17-,18+,19+,20-,21-,22-/m0/s1/i2D3,5D2,6D2,13D,17D. The number of esters is 1. The number of hydrogen-bond acceptors (Lipinski definition) is 3. The van der Waals surface area contributed by atoms with Crippen molar-refractivity contribution in [1.82, 2.24) is 0 Å². The molecule has 0 heterocycles. The van der Waals surface area contributed by atoms with Crippen LogP contribution in [0.3, 0.4) is 0 Å². The third-order valence-electron chi connectivity index (χ3n) is 7.11. The fraction of sp³-hybridized carbons (Fsp3) is 0.773. The van der Waals surface area contributed by atoms with Gasteiger partial charge in [-0.15, -0.1) is 6.42 Å². The first-order valence-corrected chi connectivity index (χ1v) is 8.97. The predicted octanol–water partition coefficient (Wildman–Crippen LogP) is 3.86. The number of terminal acetylenes is 1. The molecule has 0 aromatic rings. The lowest BCUT2D eigenvalue weighted by Crippen LogP contribution is -2.53. The van der Waals surface area contributed by atoms with Crippen molar-refractivity contribution in [1.29, 1.82) is 0 Å². The zero-order valence-corrected chi connectivity index (χ0v) is 14.4. The third-order valence-corrected chi connectivity index (χ3v) is 7.11. The molecule has 0 amide bonds. The number of carbonyl (C=O) groups excluding carboxylic acids is 1. The van der Waals surface area contributed by atoms with Crippen LogP contribution in [0.4, 0.5) is 0 Å². The van der Waals surface area contributed by atoms with E-state index in [0.717, 1.165) is 0 Å². The van der Waals surface area contributed by atoms with E-state index in [0.29, 0.717) is 19.3 Å². The van der Waals surface area contributed by atoms with E-state index in [-0.39, 0.29) is 24.3 Å². The zero-order valence-electron chi connectivity index (χ0n) is 23.4. The van der Waals surface area contributed by atoms with Crippen LogP contribution in [0.2, 0.25) is 0 Å². The summed E-state index contributed by atoms with van der Waals surface area (Å²) in [7, 11) is 0. The van der Waals surface area contributed by atoms with Gasteiger partial charge in [0.15, 0.2) is 5.60 Å². The number of hydrogen-bond donors (Lipinski definition) is 1. The fourth-order valence-corrected chi connectivity index (χ4v) is 5.87. The Morgan fingerprint density at radius 3 is 3.08 bits per heavy atom. The van der Waals surface area contributed by atoms with E-state index in [1.165, 1.54) is 0 Å². The normalized spacial score (nSPS) is 61.6. The molecule has 0 aliphatic heterocycles. The predicted molar refractivity (Wildman–Crippen MR) is 96.4 cm³/mol. The minimum Gasteiger partial charge on any atom is -0.445 e. The lowest BCUT2D eigenvalue weighted by atomic mass is 9.50. The molecule has 3 fully saturated rings. The van der Waals surface area contributed by atoms with Crippen LogP contribution in [0.15, 0.2) is 11.6 Å². The lowest BCUT2D eigenvalue weighted by molar-refractivity contribution is -0.167. The molecule has 3 nitrogen and oxygen atoms in total. The van der Waals surface area contributed by atoms with Gasteiger partial charge in [-0.2, -0.15) is 0 Å². The summed E-state index contributed by atoms with van der Waals surface area (Å²) in [6, 6.07) is -0.543. The van der Waals surface area contributed by atoms with Gasteiger partial charge in [0.2, 0.25) is 0 Å². The Kier molecular flexibility index (Phi) is 2.26. The van der Waals surface area contributed by atoms with Gasteiger partial charge in [-0.1, -0.05) is 24.5 Å². The Morgan fingerprint density at radius 2 is 2.32 bits per heavy atom. The highest BCUT2D eigenvalue weighted by molar-refractivity contribution is 5.67. The molecule has 25 heavy (non-hydrogen) atoms. The molecule has 0 aromatic carbocycles. The summed E-state index contributed by atoms with van der Waals surface area (Å²) < 4.78 is 79.3. The third kappa shape index (κ3) is 2.40. The lowest BCUT2D eigenvalue weighted by Gasteiger charge is -2.55. The number of aliphatic hydroxyl groups excluding tert-OH is 1. The molecular weight excluding hydrogens is 312 g/mol. The molecule has 0 spiro atoms. The first-order chi connectivity index (χ1) is 15.4. The summed E-state index contributed by atoms with van der Waals surface area (Å²) in [5.41, 5.74) is -2.44. The van der Waals surface area contributed by atoms with Gasteiger partial charge in [0.05, 0.1) is 7.47 Å². The number of aliphatic hydroxyl groups is 1. The van der Waals surface area contributed by atoms with E-state index in [2.05, 4.69) is 5.92 Å².